The molecule has 1 N–H and O–H groups in total. The molecule has 0 saturated carbocycles. The molecule has 1 aromatic carbocycles. The molecule has 0 atom stereocenters. The van der Waals surface area contributed by atoms with Crippen molar-refractivity contribution < 1.29 is 4.74 Å². The number of rotatable bonds is 4. The number of nitrogens with zero attached hydrogens (tertiary/aromatic N) is 2. The molecule has 0 fully saturated rings. The van der Waals surface area contributed by atoms with Crippen molar-refractivity contribution in [3.63, 3.8) is 0 Å². The van der Waals surface area contributed by atoms with Gasteiger partial charge in [0.05, 0.1) is 12.3 Å². The quantitative estimate of drug-likeness (QED) is 0.879. The number of ether oxygens (including phenoxy) is 1. The number of aryl methyl sites for hydroxylation is 2. The van der Waals surface area contributed by atoms with Crippen LogP contribution in [0.4, 0.5) is 11.6 Å². The fraction of sp³-hybridized carbons (Fsp3) is 0.308. The molecule has 2 rings (SSSR count). The highest BCUT2D eigenvalue weighted by Gasteiger charge is 2.03. The molecule has 17 heavy (non-hydrogen) atoms. The van der Waals surface area contributed by atoms with Gasteiger partial charge in [-0.1, -0.05) is 6.07 Å². The van der Waals surface area contributed by atoms with Crippen molar-refractivity contribution in [1.29, 1.82) is 0 Å². The van der Waals surface area contributed by atoms with Crippen molar-refractivity contribution in [3.05, 3.63) is 36.2 Å². The Bertz CT molecular complexity index is 505. The second-order valence-corrected chi connectivity index (χ2v) is 3.90. The SMILES string of the molecule is CCOc1cccc(Nc2nc(C)cn2C)c1. The van der Waals surface area contributed by atoms with Gasteiger partial charge in [0.1, 0.15) is 5.75 Å². The lowest BCUT2D eigenvalue weighted by atomic mass is 10.3. The highest BCUT2D eigenvalue weighted by molar-refractivity contribution is 5.56. The van der Waals surface area contributed by atoms with Gasteiger partial charge in [0, 0.05) is 25.0 Å². The van der Waals surface area contributed by atoms with E-state index in [-0.39, 0.29) is 0 Å². The van der Waals surface area contributed by atoms with Crippen molar-refractivity contribution in [2.45, 2.75) is 13.8 Å². The van der Waals surface area contributed by atoms with Gasteiger partial charge < -0.3 is 14.6 Å². The summed E-state index contributed by atoms with van der Waals surface area (Å²) in [5, 5.41) is 3.26. The lowest BCUT2D eigenvalue weighted by Crippen LogP contribution is -1.99. The minimum absolute atomic E-state index is 0.672. The first-order chi connectivity index (χ1) is 8.19. The Kier molecular flexibility index (Phi) is 3.32. The molecule has 1 aromatic heterocycles. The van der Waals surface area contributed by atoms with Crippen molar-refractivity contribution >= 4 is 11.6 Å². The van der Waals surface area contributed by atoms with Crippen LogP contribution in [0.25, 0.3) is 0 Å². The van der Waals surface area contributed by atoms with Gasteiger partial charge in [-0.05, 0) is 26.0 Å². The van der Waals surface area contributed by atoms with Gasteiger partial charge >= 0.3 is 0 Å². The monoisotopic (exact) mass is 231 g/mol. The molecule has 90 valence electrons. The van der Waals surface area contributed by atoms with Crippen molar-refractivity contribution in [3.8, 4) is 5.75 Å². The van der Waals surface area contributed by atoms with Crippen LogP contribution >= 0.6 is 0 Å². The fourth-order valence-electron chi connectivity index (χ4n) is 1.69. The zero-order chi connectivity index (χ0) is 12.3. The standard InChI is InChI=1S/C13H17N3O/c1-4-17-12-7-5-6-11(8-12)15-13-14-10(2)9-16(13)3/h5-9H,4H2,1-3H3,(H,14,15). The number of aromatic nitrogens is 2. The molecule has 0 aliphatic rings. The summed E-state index contributed by atoms with van der Waals surface area (Å²) in [5.41, 5.74) is 1.97. The molecular formula is C13H17N3O. The summed E-state index contributed by atoms with van der Waals surface area (Å²) in [6.45, 7) is 4.62. The fourth-order valence-corrected chi connectivity index (χ4v) is 1.69. The highest BCUT2D eigenvalue weighted by Crippen LogP contribution is 2.20. The Labute approximate surface area is 101 Å². The lowest BCUT2D eigenvalue weighted by molar-refractivity contribution is 0.340. The predicted molar refractivity (Wildman–Crippen MR) is 68.8 cm³/mol. The van der Waals surface area contributed by atoms with E-state index in [1.807, 2.05) is 55.9 Å². The molecule has 0 aliphatic heterocycles. The van der Waals surface area contributed by atoms with Crippen molar-refractivity contribution in [1.82, 2.24) is 9.55 Å². The van der Waals surface area contributed by atoms with Crippen LogP contribution in [-0.4, -0.2) is 16.2 Å². The lowest BCUT2D eigenvalue weighted by Gasteiger charge is -2.08. The zero-order valence-electron chi connectivity index (χ0n) is 10.4. The van der Waals surface area contributed by atoms with Crippen LogP contribution in [0, 0.1) is 6.92 Å². The topological polar surface area (TPSA) is 39.1 Å². The predicted octanol–water partition coefficient (Wildman–Crippen LogP) is 2.87. The summed E-state index contributed by atoms with van der Waals surface area (Å²) in [6.07, 6.45) is 1.98. The van der Waals surface area contributed by atoms with Gasteiger partial charge in [-0.3, -0.25) is 0 Å². The van der Waals surface area contributed by atoms with Gasteiger partial charge in [0.25, 0.3) is 0 Å². The first-order valence-electron chi connectivity index (χ1n) is 5.69. The number of hydrogen-bond donors (Lipinski definition) is 1. The van der Waals surface area contributed by atoms with E-state index < -0.39 is 0 Å². The summed E-state index contributed by atoms with van der Waals surface area (Å²) in [6, 6.07) is 7.86. The van der Waals surface area contributed by atoms with Gasteiger partial charge in [0.2, 0.25) is 5.95 Å². The first kappa shape index (κ1) is 11.5. The van der Waals surface area contributed by atoms with Crippen LogP contribution in [0.2, 0.25) is 0 Å². The Hall–Kier alpha value is -1.97. The molecular weight excluding hydrogens is 214 g/mol. The van der Waals surface area contributed by atoms with E-state index in [4.69, 9.17) is 4.74 Å². The molecule has 0 aliphatic carbocycles. The molecule has 4 heteroatoms. The maximum atomic E-state index is 5.45. The van der Waals surface area contributed by atoms with Gasteiger partial charge in [-0.2, -0.15) is 0 Å². The van der Waals surface area contributed by atoms with E-state index in [1.165, 1.54) is 0 Å². The number of benzene rings is 1. The average Bonchev–Trinajstić information content (AvgIpc) is 2.58. The van der Waals surface area contributed by atoms with E-state index in [2.05, 4.69) is 10.3 Å². The van der Waals surface area contributed by atoms with Crippen molar-refractivity contribution in [2.24, 2.45) is 7.05 Å². The molecule has 2 aromatic rings. The minimum atomic E-state index is 0.672. The van der Waals surface area contributed by atoms with E-state index in [0.29, 0.717) is 6.61 Å². The van der Waals surface area contributed by atoms with Crippen LogP contribution in [0.5, 0.6) is 5.75 Å². The number of imidazole rings is 1. The second kappa shape index (κ2) is 4.91. The maximum absolute atomic E-state index is 5.45. The second-order valence-electron chi connectivity index (χ2n) is 3.90. The summed E-state index contributed by atoms with van der Waals surface area (Å²) < 4.78 is 7.41. The van der Waals surface area contributed by atoms with E-state index in [9.17, 15) is 0 Å². The molecule has 0 bridgehead atoms. The molecule has 1 heterocycles. The third-order valence-electron chi connectivity index (χ3n) is 2.40. The zero-order valence-corrected chi connectivity index (χ0v) is 10.4. The number of anilines is 2. The Morgan fingerprint density at radius 3 is 2.88 bits per heavy atom. The molecule has 0 unspecified atom stereocenters. The summed E-state index contributed by atoms with van der Waals surface area (Å²) >= 11 is 0. The highest BCUT2D eigenvalue weighted by atomic mass is 16.5. The van der Waals surface area contributed by atoms with Crippen LogP contribution in [0.15, 0.2) is 30.5 Å². The van der Waals surface area contributed by atoms with Gasteiger partial charge in [-0.15, -0.1) is 0 Å². The van der Waals surface area contributed by atoms with Gasteiger partial charge in [-0.25, -0.2) is 4.98 Å². The Morgan fingerprint density at radius 2 is 2.24 bits per heavy atom. The number of nitrogens with one attached hydrogen (secondary N) is 1. The maximum Gasteiger partial charge on any atom is 0.207 e. The Morgan fingerprint density at radius 1 is 1.41 bits per heavy atom. The summed E-state index contributed by atoms with van der Waals surface area (Å²) in [4.78, 5) is 4.39. The van der Waals surface area contributed by atoms with Crippen molar-refractivity contribution in [2.75, 3.05) is 11.9 Å². The third kappa shape index (κ3) is 2.78. The van der Waals surface area contributed by atoms with Gasteiger partial charge in [0.15, 0.2) is 0 Å². The van der Waals surface area contributed by atoms with E-state index in [1.54, 1.807) is 0 Å². The van der Waals surface area contributed by atoms with Crippen LogP contribution in [-0.2, 0) is 7.05 Å². The average molecular weight is 231 g/mol. The largest absolute Gasteiger partial charge is 0.494 e. The normalized spacial score (nSPS) is 10.3. The van der Waals surface area contributed by atoms with E-state index in [0.717, 1.165) is 23.1 Å². The smallest absolute Gasteiger partial charge is 0.207 e. The van der Waals surface area contributed by atoms with Crippen LogP contribution in [0.3, 0.4) is 0 Å². The summed E-state index contributed by atoms with van der Waals surface area (Å²) in [7, 11) is 1.97. The molecule has 0 spiro atoms. The molecule has 4 nitrogen and oxygen atoms in total. The molecule has 0 saturated heterocycles. The third-order valence-corrected chi connectivity index (χ3v) is 2.40. The minimum Gasteiger partial charge on any atom is -0.494 e. The summed E-state index contributed by atoms with van der Waals surface area (Å²) in [5.74, 6) is 1.69. The number of hydrogen-bond acceptors (Lipinski definition) is 3. The molecule has 0 radical (unpaired) electrons. The van der Waals surface area contributed by atoms with Crippen LogP contribution < -0.4 is 10.1 Å². The molecule has 0 amide bonds. The first-order valence-corrected chi connectivity index (χ1v) is 5.69. The Balaban J connectivity index is 2.18. The van der Waals surface area contributed by atoms with Crippen LogP contribution in [0.1, 0.15) is 12.6 Å². The van der Waals surface area contributed by atoms with E-state index >= 15 is 0 Å².